The molecule has 1 aromatic carbocycles. The van der Waals surface area contributed by atoms with E-state index in [9.17, 15) is 4.79 Å². The Kier molecular flexibility index (Phi) is 3.64. The maximum absolute atomic E-state index is 11.8. The predicted molar refractivity (Wildman–Crippen MR) is 76.8 cm³/mol. The first kappa shape index (κ1) is 12.3. The third-order valence-corrected chi connectivity index (χ3v) is 4.16. The Morgan fingerprint density at radius 2 is 2.00 bits per heavy atom. The molecule has 0 saturated carbocycles. The summed E-state index contributed by atoms with van der Waals surface area (Å²) in [6, 6.07) is 8.22. The summed E-state index contributed by atoms with van der Waals surface area (Å²) in [5, 5.41) is 0. The fraction of sp³-hybridized carbons (Fsp3) is 0.231. The van der Waals surface area contributed by atoms with Crippen LogP contribution in [0.2, 0.25) is 0 Å². The molecule has 1 saturated heterocycles. The van der Waals surface area contributed by atoms with Gasteiger partial charge in [-0.05, 0) is 23.6 Å². The van der Waals surface area contributed by atoms with Gasteiger partial charge in [0.15, 0.2) is 0 Å². The number of carbonyl (C=O) groups excluding carboxylic acids is 1. The summed E-state index contributed by atoms with van der Waals surface area (Å²) < 4.78 is 0.617. The van der Waals surface area contributed by atoms with Gasteiger partial charge in [-0.3, -0.25) is 9.69 Å². The molecule has 0 radical (unpaired) electrons. The van der Waals surface area contributed by atoms with Crippen LogP contribution in [0.3, 0.4) is 0 Å². The molecule has 0 aliphatic carbocycles. The highest BCUT2D eigenvalue weighted by atomic mass is 32.2. The monoisotopic (exact) mass is 263 g/mol. The van der Waals surface area contributed by atoms with Crippen molar-refractivity contribution in [3.8, 4) is 0 Å². The summed E-state index contributed by atoms with van der Waals surface area (Å²) in [5.41, 5.74) is 2.33. The molecule has 1 amide bonds. The van der Waals surface area contributed by atoms with Gasteiger partial charge < -0.3 is 0 Å². The SMILES string of the molecule is CCc1ccc(/C=C2\SC(=S)N(C)C2=O)cc1. The number of likely N-dealkylation sites (N-methyl/N-ethyl adjacent to an activating group) is 1. The van der Waals surface area contributed by atoms with Crippen LogP contribution in [0.25, 0.3) is 6.08 Å². The van der Waals surface area contributed by atoms with E-state index in [-0.39, 0.29) is 5.91 Å². The number of carbonyl (C=O) groups is 1. The number of hydrogen-bond acceptors (Lipinski definition) is 3. The lowest BCUT2D eigenvalue weighted by molar-refractivity contribution is -0.121. The molecule has 0 spiro atoms. The minimum Gasteiger partial charge on any atom is -0.296 e. The highest BCUT2D eigenvalue weighted by molar-refractivity contribution is 8.26. The Hall–Kier alpha value is -1.13. The van der Waals surface area contributed by atoms with E-state index in [1.54, 1.807) is 7.05 Å². The van der Waals surface area contributed by atoms with Crippen molar-refractivity contribution < 1.29 is 4.79 Å². The van der Waals surface area contributed by atoms with Crippen LogP contribution < -0.4 is 0 Å². The molecule has 1 aliphatic heterocycles. The Morgan fingerprint density at radius 1 is 1.35 bits per heavy atom. The third-order valence-electron chi connectivity index (χ3n) is 2.67. The van der Waals surface area contributed by atoms with Gasteiger partial charge in [0.1, 0.15) is 4.32 Å². The summed E-state index contributed by atoms with van der Waals surface area (Å²) in [6.45, 7) is 2.12. The molecule has 1 aliphatic rings. The summed E-state index contributed by atoms with van der Waals surface area (Å²) in [4.78, 5) is 14.0. The third kappa shape index (κ3) is 2.58. The molecule has 0 N–H and O–H groups in total. The lowest BCUT2D eigenvalue weighted by atomic mass is 10.1. The van der Waals surface area contributed by atoms with E-state index in [2.05, 4.69) is 19.1 Å². The molecular formula is C13H13NOS2. The quantitative estimate of drug-likeness (QED) is 0.604. The van der Waals surface area contributed by atoms with Crippen LogP contribution in [0.5, 0.6) is 0 Å². The molecule has 2 nitrogen and oxygen atoms in total. The standard InChI is InChI=1S/C13H13NOS2/c1-3-9-4-6-10(7-5-9)8-11-12(15)14(2)13(16)17-11/h4-8H,3H2,1-2H3/b11-8-. The molecule has 0 unspecified atom stereocenters. The van der Waals surface area contributed by atoms with Gasteiger partial charge in [-0.25, -0.2) is 0 Å². The lowest BCUT2D eigenvalue weighted by Gasteiger charge is -2.03. The largest absolute Gasteiger partial charge is 0.296 e. The van der Waals surface area contributed by atoms with Crippen molar-refractivity contribution in [3.05, 3.63) is 40.3 Å². The minimum absolute atomic E-state index is 0.0143. The Morgan fingerprint density at radius 3 is 2.47 bits per heavy atom. The first-order valence-corrected chi connectivity index (χ1v) is 6.65. The number of amides is 1. The number of hydrogen-bond donors (Lipinski definition) is 0. The Balaban J connectivity index is 2.24. The fourth-order valence-corrected chi connectivity index (χ4v) is 2.73. The van der Waals surface area contributed by atoms with E-state index < -0.39 is 0 Å². The smallest absolute Gasteiger partial charge is 0.265 e. The average Bonchev–Trinajstić information content (AvgIpc) is 2.58. The zero-order chi connectivity index (χ0) is 12.4. The lowest BCUT2D eigenvalue weighted by Crippen LogP contribution is -2.22. The van der Waals surface area contributed by atoms with Gasteiger partial charge in [-0.1, -0.05) is 55.2 Å². The van der Waals surface area contributed by atoms with E-state index in [1.807, 2.05) is 18.2 Å². The number of thiocarbonyl (C=S) groups is 1. The van der Waals surface area contributed by atoms with Gasteiger partial charge in [0, 0.05) is 7.05 Å². The van der Waals surface area contributed by atoms with Gasteiger partial charge >= 0.3 is 0 Å². The number of nitrogens with zero attached hydrogens (tertiary/aromatic N) is 1. The molecule has 1 fully saturated rings. The zero-order valence-electron chi connectivity index (χ0n) is 9.77. The average molecular weight is 263 g/mol. The van der Waals surface area contributed by atoms with Crippen LogP contribution in [-0.2, 0) is 11.2 Å². The first-order chi connectivity index (χ1) is 8.11. The van der Waals surface area contributed by atoms with Crippen molar-refractivity contribution >= 4 is 40.3 Å². The van der Waals surface area contributed by atoms with Gasteiger partial charge in [0.2, 0.25) is 0 Å². The van der Waals surface area contributed by atoms with Crippen LogP contribution >= 0.6 is 24.0 Å². The van der Waals surface area contributed by atoms with Gasteiger partial charge in [-0.2, -0.15) is 0 Å². The molecule has 4 heteroatoms. The first-order valence-electron chi connectivity index (χ1n) is 5.42. The second kappa shape index (κ2) is 5.02. The van der Waals surface area contributed by atoms with Crippen LogP contribution in [0.4, 0.5) is 0 Å². The van der Waals surface area contributed by atoms with Crippen LogP contribution in [0.1, 0.15) is 18.1 Å². The van der Waals surface area contributed by atoms with Gasteiger partial charge in [-0.15, -0.1) is 0 Å². The molecule has 1 aromatic rings. The van der Waals surface area contributed by atoms with Crippen molar-refractivity contribution in [1.29, 1.82) is 0 Å². The maximum Gasteiger partial charge on any atom is 0.265 e. The number of thioether (sulfide) groups is 1. The highest BCUT2D eigenvalue weighted by Crippen LogP contribution is 2.31. The molecule has 0 bridgehead atoms. The van der Waals surface area contributed by atoms with E-state index in [0.717, 1.165) is 12.0 Å². The molecule has 0 aromatic heterocycles. The van der Waals surface area contributed by atoms with Gasteiger partial charge in [0.05, 0.1) is 4.91 Å². The van der Waals surface area contributed by atoms with Crippen molar-refractivity contribution in [2.24, 2.45) is 0 Å². The topological polar surface area (TPSA) is 20.3 Å². The van der Waals surface area contributed by atoms with E-state index in [4.69, 9.17) is 12.2 Å². The molecule has 88 valence electrons. The molecule has 1 heterocycles. The summed E-state index contributed by atoms with van der Waals surface area (Å²) in [5.74, 6) is -0.0143. The number of aryl methyl sites for hydroxylation is 1. The Bertz CT molecular complexity index is 491. The van der Waals surface area contributed by atoms with Crippen LogP contribution in [0, 0.1) is 0 Å². The van der Waals surface area contributed by atoms with Crippen LogP contribution in [-0.4, -0.2) is 22.2 Å². The van der Waals surface area contributed by atoms with Crippen molar-refractivity contribution in [3.63, 3.8) is 0 Å². The minimum atomic E-state index is -0.0143. The second-order valence-electron chi connectivity index (χ2n) is 3.84. The Labute approximate surface area is 111 Å². The number of rotatable bonds is 2. The van der Waals surface area contributed by atoms with Crippen molar-refractivity contribution in [2.45, 2.75) is 13.3 Å². The zero-order valence-corrected chi connectivity index (χ0v) is 11.4. The highest BCUT2D eigenvalue weighted by Gasteiger charge is 2.28. The molecule has 17 heavy (non-hydrogen) atoms. The summed E-state index contributed by atoms with van der Waals surface area (Å²) in [6.07, 6.45) is 2.92. The molecule has 0 atom stereocenters. The summed E-state index contributed by atoms with van der Waals surface area (Å²) >= 11 is 6.43. The molecular weight excluding hydrogens is 250 g/mol. The van der Waals surface area contributed by atoms with E-state index in [1.165, 1.54) is 22.2 Å². The van der Waals surface area contributed by atoms with Gasteiger partial charge in [0.25, 0.3) is 5.91 Å². The number of benzene rings is 1. The van der Waals surface area contributed by atoms with E-state index >= 15 is 0 Å². The van der Waals surface area contributed by atoms with Crippen molar-refractivity contribution in [2.75, 3.05) is 7.05 Å². The predicted octanol–water partition coefficient (Wildman–Crippen LogP) is 3.08. The second-order valence-corrected chi connectivity index (χ2v) is 5.51. The van der Waals surface area contributed by atoms with Crippen LogP contribution in [0.15, 0.2) is 29.2 Å². The van der Waals surface area contributed by atoms with E-state index in [0.29, 0.717) is 9.23 Å². The maximum atomic E-state index is 11.8. The molecule has 2 rings (SSSR count). The summed E-state index contributed by atoms with van der Waals surface area (Å²) in [7, 11) is 1.71. The normalized spacial score (nSPS) is 18.2. The fourth-order valence-electron chi connectivity index (χ4n) is 1.55. The van der Waals surface area contributed by atoms with Crippen molar-refractivity contribution in [1.82, 2.24) is 4.90 Å².